The van der Waals surface area contributed by atoms with Crippen LogP contribution in [0.4, 0.5) is 0 Å². The number of hydrogen-bond donors (Lipinski definition) is 1. The number of rotatable bonds is 3. The zero-order valence-corrected chi connectivity index (χ0v) is 9.90. The molecule has 2 rings (SSSR count). The first kappa shape index (κ1) is 11.2. The van der Waals surface area contributed by atoms with Gasteiger partial charge in [0, 0.05) is 6.04 Å². The van der Waals surface area contributed by atoms with E-state index in [2.05, 4.69) is 19.2 Å². The first-order chi connectivity index (χ1) is 7.72. The molecular weight excluding hydrogens is 202 g/mol. The third-order valence-corrected chi connectivity index (χ3v) is 3.81. The highest BCUT2D eigenvalue weighted by Gasteiger charge is 2.32. The molecule has 1 fully saturated rings. The molecule has 1 aromatic rings. The summed E-state index contributed by atoms with van der Waals surface area (Å²) in [6.07, 6.45) is 5.04. The fourth-order valence-electron chi connectivity index (χ4n) is 2.67. The lowest BCUT2D eigenvalue weighted by Gasteiger charge is -2.20. The largest absolute Gasteiger partial charge is 0.459 e. The smallest absolute Gasteiger partial charge is 0.287 e. The van der Waals surface area contributed by atoms with Crippen molar-refractivity contribution in [3.8, 4) is 0 Å². The molecule has 3 nitrogen and oxygen atoms in total. The SMILES string of the molecule is CCC1CCC(NC(=O)c2ccco2)C1C. The summed E-state index contributed by atoms with van der Waals surface area (Å²) in [6, 6.07) is 3.75. The fraction of sp³-hybridized carbons (Fsp3) is 0.615. The Morgan fingerprint density at radius 2 is 2.38 bits per heavy atom. The first-order valence-corrected chi connectivity index (χ1v) is 6.06. The van der Waals surface area contributed by atoms with Crippen LogP contribution >= 0.6 is 0 Å². The molecular formula is C13H19NO2. The van der Waals surface area contributed by atoms with Gasteiger partial charge in [0.15, 0.2) is 5.76 Å². The molecule has 1 amide bonds. The topological polar surface area (TPSA) is 42.2 Å². The maximum atomic E-state index is 11.8. The predicted octanol–water partition coefficient (Wildman–Crippen LogP) is 2.83. The van der Waals surface area contributed by atoms with Crippen LogP contribution in [0.15, 0.2) is 22.8 Å². The minimum Gasteiger partial charge on any atom is -0.459 e. The molecule has 0 aromatic carbocycles. The molecule has 1 heterocycles. The molecule has 3 unspecified atom stereocenters. The van der Waals surface area contributed by atoms with Gasteiger partial charge in [-0.05, 0) is 36.8 Å². The van der Waals surface area contributed by atoms with Crippen LogP contribution in [0.25, 0.3) is 0 Å². The fourth-order valence-corrected chi connectivity index (χ4v) is 2.67. The van der Waals surface area contributed by atoms with Gasteiger partial charge in [0.2, 0.25) is 0 Å². The van der Waals surface area contributed by atoms with Crippen LogP contribution in [0.2, 0.25) is 0 Å². The third-order valence-electron chi connectivity index (χ3n) is 3.81. The number of amides is 1. The van der Waals surface area contributed by atoms with Crippen molar-refractivity contribution in [1.82, 2.24) is 5.32 Å². The summed E-state index contributed by atoms with van der Waals surface area (Å²) in [5.74, 6) is 1.65. The molecule has 3 heteroatoms. The predicted molar refractivity (Wildman–Crippen MR) is 62.1 cm³/mol. The maximum Gasteiger partial charge on any atom is 0.287 e. The molecule has 0 saturated heterocycles. The van der Waals surface area contributed by atoms with E-state index in [9.17, 15) is 4.79 Å². The molecule has 0 spiro atoms. The summed E-state index contributed by atoms with van der Waals surface area (Å²) in [7, 11) is 0. The molecule has 1 saturated carbocycles. The normalized spacial score (nSPS) is 29.2. The third kappa shape index (κ3) is 2.13. The number of carbonyl (C=O) groups is 1. The average molecular weight is 221 g/mol. The van der Waals surface area contributed by atoms with Crippen molar-refractivity contribution in [3.05, 3.63) is 24.2 Å². The van der Waals surface area contributed by atoms with E-state index in [-0.39, 0.29) is 5.91 Å². The Morgan fingerprint density at radius 1 is 1.56 bits per heavy atom. The van der Waals surface area contributed by atoms with Gasteiger partial charge < -0.3 is 9.73 Å². The zero-order chi connectivity index (χ0) is 11.5. The van der Waals surface area contributed by atoms with E-state index in [1.54, 1.807) is 12.1 Å². The highest BCUT2D eigenvalue weighted by atomic mass is 16.3. The second kappa shape index (κ2) is 4.73. The van der Waals surface area contributed by atoms with Crippen molar-refractivity contribution >= 4 is 5.91 Å². The lowest BCUT2D eigenvalue weighted by atomic mass is 9.93. The number of hydrogen-bond acceptors (Lipinski definition) is 2. The van der Waals surface area contributed by atoms with Crippen molar-refractivity contribution in [1.29, 1.82) is 0 Å². The molecule has 3 atom stereocenters. The van der Waals surface area contributed by atoms with Gasteiger partial charge in [0.1, 0.15) is 0 Å². The molecule has 1 aliphatic rings. The second-order valence-electron chi connectivity index (χ2n) is 4.66. The molecule has 0 aliphatic heterocycles. The second-order valence-corrected chi connectivity index (χ2v) is 4.66. The summed E-state index contributed by atoms with van der Waals surface area (Å²) >= 11 is 0. The van der Waals surface area contributed by atoms with Crippen LogP contribution in [0, 0.1) is 11.8 Å². The van der Waals surface area contributed by atoms with Gasteiger partial charge in [-0.1, -0.05) is 20.3 Å². The van der Waals surface area contributed by atoms with Crippen molar-refractivity contribution in [2.75, 3.05) is 0 Å². The Balaban J connectivity index is 1.94. The zero-order valence-electron chi connectivity index (χ0n) is 9.90. The van der Waals surface area contributed by atoms with E-state index in [1.807, 2.05) is 0 Å². The van der Waals surface area contributed by atoms with Crippen molar-refractivity contribution in [2.24, 2.45) is 11.8 Å². The minimum absolute atomic E-state index is 0.0846. The van der Waals surface area contributed by atoms with Gasteiger partial charge in [0.25, 0.3) is 5.91 Å². The standard InChI is InChI=1S/C13H19NO2/c1-3-10-6-7-11(9(10)2)14-13(15)12-5-4-8-16-12/h4-5,8-11H,3,6-7H2,1-2H3,(H,14,15). The van der Waals surface area contributed by atoms with Crippen LogP contribution < -0.4 is 5.32 Å². The molecule has 1 aromatic heterocycles. The number of furan rings is 1. The highest BCUT2D eigenvalue weighted by Crippen LogP contribution is 2.33. The molecule has 88 valence electrons. The summed E-state index contributed by atoms with van der Waals surface area (Å²) in [5, 5.41) is 3.06. The quantitative estimate of drug-likeness (QED) is 0.852. The van der Waals surface area contributed by atoms with Crippen molar-refractivity contribution in [2.45, 2.75) is 39.2 Å². The monoisotopic (exact) mass is 221 g/mol. The van der Waals surface area contributed by atoms with Crippen molar-refractivity contribution < 1.29 is 9.21 Å². The Morgan fingerprint density at radius 3 is 2.94 bits per heavy atom. The van der Waals surface area contributed by atoms with E-state index < -0.39 is 0 Å². The van der Waals surface area contributed by atoms with Gasteiger partial charge in [-0.15, -0.1) is 0 Å². The van der Waals surface area contributed by atoms with Gasteiger partial charge in [-0.25, -0.2) is 0 Å². The first-order valence-electron chi connectivity index (χ1n) is 6.06. The van der Waals surface area contributed by atoms with E-state index in [4.69, 9.17) is 4.42 Å². The van der Waals surface area contributed by atoms with E-state index >= 15 is 0 Å². The molecule has 0 radical (unpaired) electrons. The lowest BCUT2D eigenvalue weighted by Crippen LogP contribution is -2.37. The van der Waals surface area contributed by atoms with E-state index in [0.717, 1.165) is 12.3 Å². The van der Waals surface area contributed by atoms with Gasteiger partial charge in [-0.2, -0.15) is 0 Å². The van der Waals surface area contributed by atoms with Gasteiger partial charge in [0.05, 0.1) is 6.26 Å². The maximum absolute atomic E-state index is 11.8. The summed E-state index contributed by atoms with van der Waals surface area (Å²) in [4.78, 5) is 11.8. The van der Waals surface area contributed by atoms with E-state index in [1.165, 1.54) is 19.1 Å². The Hall–Kier alpha value is -1.25. The van der Waals surface area contributed by atoms with Crippen molar-refractivity contribution in [3.63, 3.8) is 0 Å². The summed E-state index contributed by atoms with van der Waals surface area (Å²) in [5.41, 5.74) is 0. The number of nitrogens with one attached hydrogen (secondary N) is 1. The average Bonchev–Trinajstić information content (AvgIpc) is 2.89. The lowest BCUT2D eigenvalue weighted by molar-refractivity contribution is 0.0898. The minimum atomic E-state index is -0.0846. The molecule has 1 aliphatic carbocycles. The van der Waals surface area contributed by atoms with Crippen LogP contribution in [0.1, 0.15) is 43.7 Å². The van der Waals surface area contributed by atoms with Gasteiger partial charge >= 0.3 is 0 Å². The molecule has 16 heavy (non-hydrogen) atoms. The highest BCUT2D eigenvalue weighted by molar-refractivity contribution is 5.91. The van der Waals surface area contributed by atoms with Crippen LogP contribution in [0.3, 0.4) is 0 Å². The molecule has 1 N–H and O–H groups in total. The van der Waals surface area contributed by atoms with Gasteiger partial charge in [-0.3, -0.25) is 4.79 Å². The Bertz CT molecular complexity index is 345. The van der Waals surface area contributed by atoms with Crippen LogP contribution in [0.5, 0.6) is 0 Å². The Labute approximate surface area is 96.2 Å². The van der Waals surface area contributed by atoms with Crippen LogP contribution in [-0.2, 0) is 0 Å². The summed E-state index contributed by atoms with van der Waals surface area (Å²) in [6.45, 7) is 4.45. The Kier molecular flexibility index (Phi) is 3.32. The van der Waals surface area contributed by atoms with E-state index in [0.29, 0.717) is 17.7 Å². The number of carbonyl (C=O) groups excluding carboxylic acids is 1. The summed E-state index contributed by atoms with van der Waals surface area (Å²) < 4.78 is 5.08. The van der Waals surface area contributed by atoms with Crippen LogP contribution in [-0.4, -0.2) is 11.9 Å². The molecule has 0 bridgehead atoms.